The van der Waals surface area contributed by atoms with Crippen LogP contribution in [0.1, 0.15) is 27.2 Å². The topological polar surface area (TPSA) is 35.5 Å². The molecule has 0 unspecified atom stereocenters. The van der Waals surface area contributed by atoms with Crippen molar-refractivity contribution in [3.8, 4) is 5.75 Å². The molecule has 0 heterocycles. The normalized spacial score (nSPS) is 11.2. The van der Waals surface area contributed by atoms with Crippen LogP contribution in [0.15, 0.2) is 22.7 Å². The van der Waals surface area contributed by atoms with Gasteiger partial charge >= 0.3 is 5.97 Å². The van der Waals surface area contributed by atoms with E-state index in [-0.39, 0.29) is 19.0 Å². The molecule has 0 saturated heterocycles. The zero-order chi connectivity index (χ0) is 13.8. The number of benzene rings is 1. The van der Waals surface area contributed by atoms with Gasteiger partial charge in [-0.05, 0) is 39.0 Å². The van der Waals surface area contributed by atoms with Crippen molar-refractivity contribution < 1.29 is 14.3 Å². The molecule has 18 heavy (non-hydrogen) atoms. The summed E-state index contributed by atoms with van der Waals surface area (Å²) in [5, 5.41) is 0.516. The van der Waals surface area contributed by atoms with Crippen molar-refractivity contribution in [2.75, 3.05) is 6.61 Å². The lowest BCUT2D eigenvalue weighted by Crippen LogP contribution is -2.24. The first kappa shape index (κ1) is 15.3. The second-order valence-electron chi connectivity index (χ2n) is 4.76. The van der Waals surface area contributed by atoms with E-state index in [9.17, 15) is 4.79 Å². The van der Waals surface area contributed by atoms with E-state index in [2.05, 4.69) is 15.9 Å². The Balaban J connectivity index is 2.42. The Morgan fingerprint density at radius 1 is 1.39 bits per heavy atom. The highest BCUT2D eigenvalue weighted by atomic mass is 79.9. The smallest absolute Gasteiger partial charge is 0.309 e. The molecular weight excluding hydrogens is 319 g/mol. The third-order valence-electron chi connectivity index (χ3n) is 1.88. The summed E-state index contributed by atoms with van der Waals surface area (Å²) in [5.41, 5.74) is -0.468. The first-order chi connectivity index (χ1) is 8.28. The number of ether oxygens (including phenoxy) is 2. The maximum atomic E-state index is 11.5. The lowest BCUT2D eigenvalue weighted by Gasteiger charge is -2.19. The summed E-state index contributed by atoms with van der Waals surface area (Å²) in [5.74, 6) is 0.267. The molecular formula is C13H16BrClO3. The molecule has 0 aromatic heterocycles. The van der Waals surface area contributed by atoms with Crippen molar-refractivity contribution in [2.45, 2.75) is 32.8 Å². The first-order valence-electron chi connectivity index (χ1n) is 5.57. The van der Waals surface area contributed by atoms with E-state index in [1.807, 2.05) is 26.8 Å². The second-order valence-corrected chi connectivity index (χ2v) is 6.08. The molecule has 0 radical (unpaired) electrons. The summed E-state index contributed by atoms with van der Waals surface area (Å²) in [4.78, 5) is 11.5. The Bertz CT molecular complexity index is 427. The van der Waals surface area contributed by atoms with Crippen LogP contribution in [-0.2, 0) is 9.53 Å². The monoisotopic (exact) mass is 334 g/mol. The van der Waals surface area contributed by atoms with Crippen LogP contribution < -0.4 is 4.74 Å². The van der Waals surface area contributed by atoms with Gasteiger partial charge in [-0.2, -0.15) is 0 Å². The zero-order valence-corrected chi connectivity index (χ0v) is 13.0. The Hall–Kier alpha value is -0.740. The average Bonchev–Trinajstić information content (AvgIpc) is 2.20. The fraction of sp³-hybridized carbons (Fsp3) is 0.462. The first-order valence-corrected chi connectivity index (χ1v) is 6.75. The van der Waals surface area contributed by atoms with Gasteiger partial charge in [-0.1, -0.05) is 27.5 Å². The highest BCUT2D eigenvalue weighted by Gasteiger charge is 2.16. The van der Waals surface area contributed by atoms with Crippen molar-refractivity contribution in [3.63, 3.8) is 0 Å². The molecule has 100 valence electrons. The minimum Gasteiger partial charge on any atom is -0.491 e. The molecule has 1 rings (SSSR count). The summed E-state index contributed by atoms with van der Waals surface area (Å²) >= 11 is 9.28. The predicted octanol–water partition coefficient (Wildman–Crippen LogP) is 4.21. The van der Waals surface area contributed by atoms with Crippen LogP contribution in [0.3, 0.4) is 0 Å². The van der Waals surface area contributed by atoms with E-state index in [0.717, 1.165) is 4.47 Å². The Kier molecular flexibility index (Phi) is 5.47. The summed E-state index contributed by atoms with van der Waals surface area (Å²) in [6.45, 7) is 5.73. The highest BCUT2D eigenvalue weighted by molar-refractivity contribution is 9.10. The molecule has 0 aliphatic rings. The maximum absolute atomic E-state index is 11.5. The zero-order valence-electron chi connectivity index (χ0n) is 10.6. The molecule has 0 atom stereocenters. The van der Waals surface area contributed by atoms with E-state index < -0.39 is 5.60 Å². The van der Waals surface area contributed by atoms with Gasteiger partial charge in [-0.15, -0.1) is 0 Å². The average molecular weight is 336 g/mol. The molecule has 1 aromatic carbocycles. The van der Waals surface area contributed by atoms with Crippen LogP contribution in [-0.4, -0.2) is 18.2 Å². The highest BCUT2D eigenvalue weighted by Crippen LogP contribution is 2.27. The number of esters is 1. The number of rotatable bonds is 4. The molecule has 1 aromatic rings. The van der Waals surface area contributed by atoms with E-state index >= 15 is 0 Å². The Morgan fingerprint density at radius 3 is 2.67 bits per heavy atom. The third-order valence-corrected chi connectivity index (χ3v) is 2.68. The number of hydrogen-bond acceptors (Lipinski definition) is 3. The fourth-order valence-corrected chi connectivity index (χ4v) is 1.74. The summed E-state index contributed by atoms with van der Waals surface area (Å²) < 4.78 is 11.5. The largest absolute Gasteiger partial charge is 0.491 e. The van der Waals surface area contributed by atoms with Crippen molar-refractivity contribution in [1.82, 2.24) is 0 Å². The van der Waals surface area contributed by atoms with E-state index in [1.165, 1.54) is 0 Å². The molecule has 0 aliphatic carbocycles. The molecule has 0 spiro atoms. The number of halogens is 2. The van der Waals surface area contributed by atoms with Gasteiger partial charge in [0.05, 0.1) is 18.1 Å². The molecule has 5 heteroatoms. The molecule has 0 bridgehead atoms. The standard InChI is InChI=1S/C13H16BrClO3/c1-13(2,3)18-12(16)6-7-17-11-8-9(14)4-5-10(11)15/h4-5,8H,6-7H2,1-3H3. The summed E-state index contributed by atoms with van der Waals surface area (Å²) in [6, 6.07) is 5.31. The lowest BCUT2D eigenvalue weighted by molar-refractivity contribution is -0.155. The van der Waals surface area contributed by atoms with Crippen LogP contribution in [0, 0.1) is 0 Å². The summed E-state index contributed by atoms with van der Waals surface area (Å²) in [7, 11) is 0. The number of carbonyl (C=O) groups excluding carboxylic acids is 1. The SMILES string of the molecule is CC(C)(C)OC(=O)CCOc1cc(Br)ccc1Cl. The molecule has 0 fully saturated rings. The van der Waals surface area contributed by atoms with E-state index in [0.29, 0.717) is 10.8 Å². The maximum Gasteiger partial charge on any atom is 0.309 e. The number of hydrogen-bond donors (Lipinski definition) is 0. The van der Waals surface area contributed by atoms with Gasteiger partial charge in [0.15, 0.2) is 0 Å². The van der Waals surface area contributed by atoms with E-state index in [1.54, 1.807) is 12.1 Å². The summed E-state index contributed by atoms with van der Waals surface area (Å²) in [6.07, 6.45) is 0.195. The molecule has 0 N–H and O–H groups in total. The quantitative estimate of drug-likeness (QED) is 0.773. The molecule has 3 nitrogen and oxygen atoms in total. The van der Waals surface area contributed by atoms with Gasteiger partial charge in [-0.25, -0.2) is 0 Å². The van der Waals surface area contributed by atoms with Gasteiger partial charge in [0.2, 0.25) is 0 Å². The predicted molar refractivity (Wildman–Crippen MR) is 75.1 cm³/mol. The van der Waals surface area contributed by atoms with Gasteiger partial charge in [0.25, 0.3) is 0 Å². The Morgan fingerprint density at radius 2 is 2.06 bits per heavy atom. The van der Waals surface area contributed by atoms with Crippen LogP contribution in [0.4, 0.5) is 0 Å². The Labute approximate surface area is 121 Å². The van der Waals surface area contributed by atoms with Crippen LogP contribution in [0.25, 0.3) is 0 Å². The van der Waals surface area contributed by atoms with Crippen molar-refractivity contribution in [3.05, 3.63) is 27.7 Å². The lowest BCUT2D eigenvalue weighted by atomic mass is 10.2. The van der Waals surface area contributed by atoms with Gasteiger partial charge in [0, 0.05) is 4.47 Å². The van der Waals surface area contributed by atoms with E-state index in [4.69, 9.17) is 21.1 Å². The van der Waals surface area contributed by atoms with Crippen molar-refractivity contribution in [1.29, 1.82) is 0 Å². The van der Waals surface area contributed by atoms with Crippen LogP contribution in [0.5, 0.6) is 5.75 Å². The fourth-order valence-electron chi connectivity index (χ4n) is 1.22. The molecule has 0 saturated carbocycles. The minimum atomic E-state index is -0.468. The van der Waals surface area contributed by atoms with Gasteiger partial charge in [0.1, 0.15) is 11.4 Å². The minimum absolute atomic E-state index is 0.195. The second kappa shape index (κ2) is 6.43. The molecule has 0 amide bonds. The van der Waals surface area contributed by atoms with Crippen LogP contribution in [0.2, 0.25) is 5.02 Å². The van der Waals surface area contributed by atoms with Crippen molar-refractivity contribution in [2.24, 2.45) is 0 Å². The van der Waals surface area contributed by atoms with Gasteiger partial charge in [-0.3, -0.25) is 4.79 Å². The van der Waals surface area contributed by atoms with Gasteiger partial charge < -0.3 is 9.47 Å². The number of carbonyl (C=O) groups is 1. The van der Waals surface area contributed by atoms with Crippen LogP contribution >= 0.6 is 27.5 Å². The van der Waals surface area contributed by atoms with Crippen molar-refractivity contribution >= 4 is 33.5 Å². The molecule has 0 aliphatic heterocycles. The third kappa shape index (κ3) is 5.74.